The van der Waals surface area contributed by atoms with Crippen LogP contribution in [0.2, 0.25) is 0 Å². The summed E-state index contributed by atoms with van der Waals surface area (Å²) in [6.07, 6.45) is -6.84. The lowest BCUT2D eigenvalue weighted by Gasteiger charge is -2.44. The van der Waals surface area contributed by atoms with E-state index in [2.05, 4.69) is 4.90 Å². The van der Waals surface area contributed by atoms with Crippen molar-refractivity contribution >= 4 is 5.97 Å². The fourth-order valence-corrected chi connectivity index (χ4v) is 5.45. The van der Waals surface area contributed by atoms with Gasteiger partial charge in [-0.1, -0.05) is 54.6 Å². The van der Waals surface area contributed by atoms with E-state index in [4.69, 9.17) is 0 Å². The summed E-state index contributed by atoms with van der Waals surface area (Å²) < 4.78 is 79.4. The summed E-state index contributed by atoms with van der Waals surface area (Å²) in [7, 11) is 0. The molecule has 3 aromatic carbocycles. The van der Waals surface area contributed by atoms with E-state index in [0.29, 0.717) is 43.4 Å². The van der Waals surface area contributed by atoms with Crippen molar-refractivity contribution in [3.05, 3.63) is 107 Å². The van der Waals surface area contributed by atoms with Crippen LogP contribution in [0, 0.1) is 5.92 Å². The number of likely N-dealkylation sites (tertiary alicyclic amines) is 1. The maximum atomic E-state index is 13.3. The van der Waals surface area contributed by atoms with Gasteiger partial charge in [-0.25, -0.2) is 0 Å². The molecule has 1 N–H and O–H groups in total. The average Bonchev–Trinajstić information content (AvgIpc) is 2.89. The van der Waals surface area contributed by atoms with Crippen molar-refractivity contribution in [1.82, 2.24) is 4.90 Å². The van der Waals surface area contributed by atoms with Crippen LogP contribution in [0.4, 0.5) is 26.3 Å². The van der Waals surface area contributed by atoms with E-state index in [1.807, 2.05) is 30.3 Å². The third-order valence-corrected chi connectivity index (χ3v) is 7.41. The van der Waals surface area contributed by atoms with Crippen molar-refractivity contribution in [1.29, 1.82) is 0 Å². The van der Waals surface area contributed by atoms with Gasteiger partial charge in [-0.3, -0.25) is 9.69 Å². The lowest BCUT2D eigenvalue weighted by atomic mass is 9.82. The summed E-state index contributed by atoms with van der Waals surface area (Å²) in [4.78, 5) is 13.6. The standard InChI is InChI=1S/C30H29F6NO2/c31-29(32,33)24-11-7-22(8-12-24)26(15-6-20-4-2-1-3-5-20)37-17-16-21(19-28(38)39)18-27(37)23-9-13-25(14-10-23)30(34,35)36/h1-5,7-14,21,26-27H,6,15-19H2,(H,38,39)/t21-,26-,27+/m1/s1. The molecule has 0 radical (unpaired) electrons. The first-order valence-electron chi connectivity index (χ1n) is 12.8. The zero-order chi connectivity index (χ0) is 28.2. The number of carbonyl (C=O) groups is 1. The quantitative estimate of drug-likeness (QED) is 0.287. The average molecular weight is 550 g/mol. The first-order valence-corrected chi connectivity index (χ1v) is 12.8. The Hall–Kier alpha value is -3.33. The molecule has 1 saturated heterocycles. The monoisotopic (exact) mass is 549 g/mol. The van der Waals surface area contributed by atoms with Crippen molar-refractivity contribution < 1.29 is 36.2 Å². The lowest BCUT2D eigenvalue weighted by molar-refractivity contribution is -0.139. The number of aryl methyl sites for hydroxylation is 1. The number of rotatable bonds is 8. The second kappa shape index (κ2) is 11.8. The number of halogens is 6. The smallest absolute Gasteiger partial charge is 0.416 e. The molecule has 3 aromatic rings. The molecule has 1 fully saturated rings. The first kappa shape index (κ1) is 28.7. The van der Waals surface area contributed by atoms with Crippen LogP contribution >= 0.6 is 0 Å². The van der Waals surface area contributed by atoms with Crippen LogP contribution in [-0.4, -0.2) is 22.5 Å². The molecule has 39 heavy (non-hydrogen) atoms. The predicted molar refractivity (Wildman–Crippen MR) is 135 cm³/mol. The topological polar surface area (TPSA) is 40.5 Å². The van der Waals surface area contributed by atoms with Crippen LogP contribution in [0.3, 0.4) is 0 Å². The van der Waals surface area contributed by atoms with Gasteiger partial charge in [0.2, 0.25) is 0 Å². The molecule has 0 saturated carbocycles. The normalized spacial score (nSPS) is 19.5. The third-order valence-electron chi connectivity index (χ3n) is 7.41. The summed E-state index contributed by atoms with van der Waals surface area (Å²) in [5.41, 5.74) is 0.815. The van der Waals surface area contributed by atoms with E-state index in [0.717, 1.165) is 29.8 Å². The Morgan fingerprint density at radius 1 is 0.846 bits per heavy atom. The maximum absolute atomic E-state index is 13.3. The molecule has 0 aliphatic carbocycles. The summed E-state index contributed by atoms with van der Waals surface area (Å²) in [6, 6.07) is 18.8. The predicted octanol–water partition coefficient (Wildman–Crippen LogP) is 8.33. The summed E-state index contributed by atoms with van der Waals surface area (Å²) in [5, 5.41) is 9.37. The minimum absolute atomic E-state index is 0.0556. The summed E-state index contributed by atoms with van der Waals surface area (Å²) in [6.45, 7) is 0.462. The number of aliphatic carboxylic acids is 1. The number of carboxylic acid groups (broad SMARTS) is 1. The summed E-state index contributed by atoms with van der Waals surface area (Å²) >= 11 is 0. The number of carboxylic acids is 1. The Labute approximate surface area is 223 Å². The van der Waals surface area contributed by atoms with E-state index in [9.17, 15) is 36.2 Å². The second-order valence-electron chi connectivity index (χ2n) is 10.0. The molecule has 3 nitrogen and oxygen atoms in total. The van der Waals surface area contributed by atoms with Crippen molar-refractivity contribution in [2.75, 3.05) is 6.54 Å². The highest BCUT2D eigenvalue weighted by atomic mass is 19.4. The molecule has 0 spiro atoms. The highest BCUT2D eigenvalue weighted by Gasteiger charge is 2.37. The number of nitrogens with zero attached hydrogens (tertiary/aromatic N) is 1. The van der Waals surface area contributed by atoms with Crippen LogP contribution in [-0.2, 0) is 23.6 Å². The van der Waals surface area contributed by atoms with Crippen molar-refractivity contribution in [2.24, 2.45) is 5.92 Å². The van der Waals surface area contributed by atoms with Gasteiger partial charge < -0.3 is 5.11 Å². The molecule has 0 amide bonds. The van der Waals surface area contributed by atoms with Crippen molar-refractivity contribution in [3.8, 4) is 0 Å². The highest BCUT2D eigenvalue weighted by molar-refractivity contribution is 5.67. The molecule has 9 heteroatoms. The van der Waals surface area contributed by atoms with Crippen LogP contribution in [0.1, 0.15) is 65.6 Å². The zero-order valence-corrected chi connectivity index (χ0v) is 21.1. The molecular weight excluding hydrogens is 520 g/mol. The Kier molecular flexibility index (Phi) is 8.69. The van der Waals surface area contributed by atoms with E-state index in [1.165, 1.54) is 24.3 Å². The van der Waals surface area contributed by atoms with Crippen LogP contribution in [0.5, 0.6) is 0 Å². The van der Waals surface area contributed by atoms with Crippen molar-refractivity contribution in [3.63, 3.8) is 0 Å². The van der Waals surface area contributed by atoms with E-state index < -0.39 is 35.5 Å². The Bertz CT molecular complexity index is 1220. The van der Waals surface area contributed by atoms with Gasteiger partial charge in [0, 0.05) is 18.5 Å². The molecule has 208 valence electrons. The Morgan fingerprint density at radius 3 is 1.95 bits per heavy atom. The largest absolute Gasteiger partial charge is 0.481 e. The molecule has 0 aromatic heterocycles. The van der Waals surface area contributed by atoms with E-state index >= 15 is 0 Å². The van der Waals surface area contributed by atoms with Crippen LogP contribution < -0.4 is 0 Å². The van der Waals surface area contributed by atoms with Gasteiger partial charge in [-0.15, -0.1) is 0 Å². The minimum atomic E-state index is -4.49. The summed E-state index contributed by atoms with van der Waals surface area (Å²) in [5.74, 6) is -1.11. The Morgan fingerprint density at radius 2 is 1.41 bits per heavy atom. The lowest BCUT2D eigenvalue weighted by Crippen LogP contribution is -2.40. The number of hydrogen-bond donors (Lipinski definition) is 1. The molecule has 1 heterocycles. The van der Waals surface area contributed by atoms with Gasteiger partial charge in [0.25, 0.3) is 0 Å². The SMILES string of the molecule is O=C(O)C[C@@H]1CCN([C@H](CCc2ccccc2)c2ccc(C(F)(F)F)cc2)[C@H](c2ccc(C(F)(F)F)cc2)C1. The highest BCUT2D eigenvalue weighted by Crippen LogP contribution is 2.43. The van der Waals surface area contributed by atoms with Gasteiger partial charge in [-0.05, 0) is 79.1 Å². The fourth-order valence-electron chi connectivity index (χ4n) is 5.45. The molecule has 1 aliphatic heterocycles. The minimum Gasteiger partial charge on any atom is -0.481 e. The van der Waals surface area contributed by atoms with E-state index in [-0.39, 0.29) is 18.4 Å². The Balaban J connectivity index is 1.70. The molecule has 3 atom stereocenters. The number of piperidine rings is 1. The third kappa shape index (κ3) is 7.41. The number of benzene rings is 3. The van der Waals surface area contributed by atoms with Gasteiger partial charge in [0.05, 0.1) is 11.1 Å². The van der Waals surface area contributed by atoms with Crippen molar-refractivity contribution in [2.45, 2.75) is 56.5 Å². The molecule has 0 unspecified atom stereocenters. The zero-order valence-electron chi connectivity index (χ0n) is 21.1. The molecular formula is C30H29F6NO2. The van der Waals surface area contributed by atoms with Gasteiger partial charge in [-0.2, -0.15) is 26.3 Å². The molecule has 4 rings (SSSR count). The second-order valence-corrected chi connectivity index (χ2v) is 10.0. The van der Waals surface area contributed by atoms with Crippen LogP contribution in [0.25, 0.3) is 0 Å². The first-order chi connectivity index (χ1) is 18.4. The van der Waals surface area contributed by atoms with Gasteiger partial charge in [0.15, 0.2) is 0 Å². The van der Waals surface area contributed by atoms with E-state index in [1.54, 1.807) is 0 Å². The van der Waals surface area contributed by atoms with Gasteiger partial charge >= 0.3 is 18.3 Å². The number of hydrogen-bond acceptors (Lipinski definition) is 2. The van der Waals surface area contributed by atoms with Gasteiger partial charge in [0.1, 0.15) is 0 Å². The maximum Gasteiger partial charge on any atom is 0.416 e. The van der Waals surface area contributed by atoms with Crippen LogP contribution in [0.15, 0.2) is 78.9 Å². The number of alkyl halides is 6. The fraction of sp³-hybridized carbons (Fsp3) is 0.367. The molecule has 1 aliphatic rings. The molecule has 0 bridgehead atoms.